The molecule has 1 amide bonds. The van der Waals surface area contributed by atoms with E-state index in [0.29, 0.717) is 26.3 Å². The summed E-state index contributed by atoms with van der Waals surface area (Å²) in [6.07, 6.45) is -0.0579. The zero-order chi connectivity index (χ0) is 12.0. The van der Waals surface area contributed by atoms with Gasteiger partial charge in [-0.2, -0.15) is 0 Å². The number of amides is 1. The predicted molar refractivity (Wildman–Crippen MR) is 58.0 cm³/mol. The maximum Gasteiger partial charge on any atom is 0.242 e. The Morgan fingerprint density at radius 3 is 2.94 bits per heavy atom. The van der Waals surface area contributed by atoms with Gasteiger partial charge in [0.25, 0.3) is 0 Å². The molecule has 1 rings (SSSR count). The van der Waals surface area contributed by atoms with E-state index in [0.717, 1.165) is 0 Å². The first-order valence-electron chi connectivity index (χ1n) is 5.33. The molecule has 6 heteroatoms. The molecule has 1 saturated heterocycles. The summed E-state index contributed by atoms with van der Waals surface area (Å²) in [4.78, 5) is 13.6. The molecule has 6 nitrogen and oxygen atoms in total. The molecule has 0 bridgehead atoms. The lowest BCUT2D eigenvalue weighted by molar-refractivity contribution is -0.143. The van der Waals surface area contributed by atoms with Crippen LogP contribution >= 0.6 is 0 Å². The lowest BCUT2D eigenvalue weighted by Gasteiger charge is -2.33. The summed E-state index contributed by atoms with van der Waals surface area (Å²) in [6, 6.07) is -0.591. The molecule has 0 aliphatic carbocycles. The topological polar surface area (TPSA) is 74.0 Å². The number of rotatable bonds is 5. The van der Waals surface area contributed by atoms with Crippen molar-refractivity contribution >= 4 is 5.91 Å². The first-order chi connectivity index (χ1) is 7.69. The van der Waals surface area contributed by atoms with Crippen molar-refractivity contribution in [3.8, 4) is 0 Å². The highest BCUT2D eigenvalue weighted by atomic mass is 16.5. The third kappa shape index (κ3) is 3.71. The standard InChI is InChI=1S/C10H20N2O4/c1-14-6-8-5-12(3-4-16-8)10(13)9(11)7-15-2/h8-9H,3-7,11H2,1-2H3. The number of hydrogen-bond acceptors (Lipinski definition) is 5. The van der Waals surface area contributed by atoms with Crippen LogP contribution in [-0.2, 0) is 19.0 Å². The third-order valence-corrected chi connectivity index (χ3v) is 2.47. The fraction of sp³-hybridized carbons (Fsp3) is 0.900. The van der Waals surface area contributed by atoms with Crippen LogP contribution in [0.2, 0.25) is 0 Å². The highest BCUT2D eigenvalue weighted by Crippen LogP contribution is 2.07. The molecule has 2 N–H and O–H groups in total. The second-order valence-electron chi connectivity index (χ2n) is 3.79. The second kappa shape index (κ2) is 6.80. The van der Waals surface area contributed by atoms with Crippen molar-refractivity contribution in [1.29, 1.82) is 0 Å². The van der Waals surface area contributed by atoms with Crippen molar-refractivity contribution < 1.29 is 19.0 Å². The van der Waals surface area contributed by atoms with E-state index in [-0.39, 0.29) is 18.6 Å². The summed E-state index contributed by atoms with van der Waals surface area (Å²) in [5.41, 5.74) is 5.69. The highest BCUT2D eigenvalue weighted by molar-refractivity contribution is 5.81. The molecule has 0 spiro atoms. The smallest absolute Gasteiger partial charge is 0.242 e. The number of ether oxygens (including phenoxy) is 3. The van der Waals surface area contributed by atoms with Crippen LogP contribution in [0.4, 0.5) is 0 Å². The molecular formula is C10H20N2O4. The van der Waals surface area contributed by atoms with Crippen LogP contribution in [0.5, 0.6) is 0 Å². The molecular weight excluding hydrogens is 212 g/mol. The van der Waals surface area contributed by atoms with E-state index >= 15 is 0 Å². The first-order valence-corrected chi connectivity index (χ1v) is 5.33. The molecule has 0 aromatic rings. The number of nitrogens with zero attached hydrogens (tertiary/aromatic N) is 1. The zero-order valence-corrected chi connectivity index (χ0v) is 9.85. The average Bonchev–Trinajstić information content (AvgIpc) is 2.29. The third-order valence-electron chi connectivity index (χ3n) is 2.47. The summed E-state index contributed by atoms with van der Waals surface area (Å²) in [6.45, 7) is 2.37. The summed E-state index contributed by atoms with van der Waals surface area (Å²) in [5, 5.41) is 0. The van der Waals surface area contributed by atoms with Gasteiger partial charge in [0, 0.05) is 27.3 Å². The van der Waals surface area contributed by atoms with E-state index < -0.39 is 6.04 Å². The van der Waals surface area contributed by atoms with E-state index in [1.54, 1.807) is 12.0 Å². The van der Waals surface area contributed by atoms with Gasteiger partial charge in [-0.05, 0) is 0 Å². The monoisotopic (exact) mass is 232 g/mol. The molecule has 0 aromatic carbocycles. The maximum atomic E-state index is 11.9. The number of hydrogen-bond donors (Lipinski definition) is 1. The fourth-order valence-electron chi connectivity index (χ4n) is 1.69. The molecule has 1 heterocycles. The maximum absolute atomic E-state index is 11.9. The van der Waals surface area contributed by atoms with Crippen molar-refractivity contribution in [2.45, 2.75) is 12.1 Å². The Labute approximate surface area is 95.6 Å². The Bertz CT molecular complexity index is 223. The van der Waals surface area contributed by atoms with Gasteiger partial charge >= 0.3 is 0 Å². The van der Waals surface area contributed by atoms with Gasteiger partial charge in [0.15, 0.2) is 0 Å². The molecule has 1 aliphatic rings. The summed E-state index contributed by atoms with van der Waals surface area (Å²) < 4.78 is 15.3. The van der Waals surface area contributed by atoms with Crippen LogP contribution in [0.15, 0.2) is 0 Å². The SMILES string of the molecule is COCC1CN(C(=O)C(N)COC)CCO1. The number of morpholine rings is 1. The molecule has 94 valence electrons. The minimum absolute atomic E-state index is 0.0579. The molecule has 16 heavy (non-hydrogen) atoms. The molecule has 0 aromatic heterocycles. The van der Waals surface area contributed by atoms with Gasteiger partial charge in [-0.15, -0.1) is 0 Å². The van der Waals surface area contributed by atoms with Crippen LogP contribution in [0, 0.1) is 0 Å². The number of methoxy groups -OCH3 is 2. The average molecular weight is 232 g/mol. The summed E-state index contributed by atoms with van der Waals surface area (Å²) in [7, 11) is 3.14. The van der Waals surface area contributed by atoms with Crippen LogP contribution in [0.3, 0.4) is 0 Å². The van der Waals surface area contributed by atoms with E-state index in [1.807, 2.05) is 0 Å². The van der Waals surface area contributed by atoms with Crippen molar-refractivity contribution in [2.75, 3.05) is 47.1 Å². The number of carbonyl (C=O) groups excluding carboxylic acids is 1. The predicted octanol–water partition coefficient (Wildman–Crippen LogP) is -1.17. The van der Waals surface area contributed by atoms with Gasteiger partial charge in [-0.25, -0.2) is 0 Å². The van der Waals surface area contributed by atoms with Crippen LogP contribution in [0.25, 0.3) is 0 Å². The van der Waals surface area contributed by atoms with E-state index in [4.69, 9.17) is 19.9 Å². The van der Waals surface area contributed by atoms with Crippen molar-refractivity contribution in [1.82, 2.24) is 4.90 Å². The quantitative estimate of drug-likeness (QED) is 0.647. The Kier molecular flexibility index (Phi) is 5.68. The van der Waals surface area contributed by atoms with Crippen molar-refractivity contribution in [2.24, 2.45) is 5.73 Å². The van der Waals surface area contributed by atoms with Crippen LogP contribution < -0.4 is 5.73 Å². The molecule has 1 fully saturated rings. The van der Waals surface area contributed by atoms with Gasteiger partial charge in [0.1, 0.15) is 6.04 Å². The lowest BCUT2D eigenvalue weighted by Crippen LogP contribution is -2.53. The molecule has 1 aliphatic heterocycles. The van der Waals surface area contributed by atoms with E-state index in [1.165, 1.54) is 7.11 Å². The van der Waals surface area contributed by atoms with E-state index in [2.05, 4.69) is 0 Å². The van der Waals surface area contributed by atoms with Gasteiger partial charge in [-0.1, -0.05) is 0 Å². The Balaban J connectivity index is 2.43. The van der Waals surface area contributed by atoms with Crippen molar-refractivity contribution in [3.05, 3.63) is 0 Å². The minimum atomic E-state index is -0.591. The fourth-order valence-corrected chi connectivity index (χ4v) is 1.69. The largest absolute Gasteiger partial charge is 0.383 e. The van der Waals surface area contributed by atoms with Gasteiger partial charge in [0.2, 0.25) is 5.91 Å². The van der Waals surface area contributed by atoms with Gasteiger partial charge in [-0.3, -0.25) is 4.79 Å². The lowest BCUT2D eigenvalue weighted by atomic mass is 10.2. The zero-order valence-electron chi connectivity index (χ0n) is 9.85. The Hall–Kier alpha value is -0.690. The van der Waals surface area contributed by atoms with Crippen LogP contribution in [-0.4, -0.2) is 70.1 Å². The Morgan fingerprint density at radius 2 is 2.31 bits per heavy atom. The molecule has 0 radical (unpaired) electrons. The number of nitrogens with two attached hydrogens (primary N) is 1. The van der Waals surface area contributed by atoms with E-state index in [9.17, 15) is 4.79 Å². The highest BCUT2D eigenvalue weighted by Gasteiger charge is 2.27. The molecule has 2 unspecified atom stereocenters. The second-order valence-corrected chi connectivity index (χ2v) is 3.79. The Morgan fingerprint density at radius 1 is 1.56 bits per heavy atom. The number of carbonyl (C=O) groups is 1. The summed E-state index contributed by atoms with van der Waals surface area (Å²) in [5.74, 6) is -0.0914. The molecule has 0 saturated carbocycles. The molecule has 2 atom stereocenters. The van der Waals surface area contributed by atoms with Gasteiger partial charge < -0.3 is 24.8 Å². The van der Waals surface area contributed by atoms with Crippen molar-refractivity contribution in [3.63, 3.8) is 0 Å². The first kappa shape index (κ1) is 13.4. The van der Waals surface area contributed by atoms with Gasteiger partial charge in [0.05, 0.1) is 25.9 Å². The minimum Gasteiger partial charge on any atom is -0.383 e. The summed E-state index contributed by atoms with van der Waals surface area (Å²) >= 11 is 0. The van der Waals surface area contributed by atoms with Crippen LogP contribution in [0.1, 0.15) is 0 Å². The normalized spacial score (nSPS) is 23.2.